The Hall–Kier alpha value is -2.74. The van der Waals surface area contributed by atoms with Gasteiger partial charge in [0.1, 0.15) is 11.5 Å². The van der Waals surface area contributed by atoms with Crippen LogP contribution in [0.25, 0.3) is 0 Å². The van der Waals surface area contributed by atoms with E-state index in [1.165, 1.54) is 112 Å². The van der Waals surface area contributed by atoms with E-state index in [4.69, 9.17) is 9.47 Å². The van der Waals surface area contributed by atoms with Crippen molar-refractivity contribution in [3.05, 3.63) is 82.9 Å². The zero-order valence-corrected chi connectivity index (χ0v) is 25.9. The van der Waals surface area contributed by atoms with Crippen LogP contribution < -0.4 is 9.47 Å². The Bertz CT molecular complexity index is 1030. The second-order valence-corrected chi connectivity index (χ2v) is 11.5. The summed E-state index contributed by atoms with van der Waals surface area (Å²) >= 11 is 0. The number of aryl methyl sites for hydroxylation is 2. The highest BCUT2D eigenvalue weighted by atomic mass is 16.5. The predicted octanol–water partition coefficient (Wildman–Crippen LogP) is 12.5. The molecule has 0 N–H and O–H groups in total. The highest BCUT2D eigenvalue weighted by Crippen LogP contribution is 2.38. The van der Waals surface area contributed by atoms with Gasteiger partial charge in [-0.25, -0.2) is 0 Å². The van der Waals surface area contributed by atoms with Gasteiger partial charge < -0.3 is 9.47 Å². The molecule has 0 saturated carbocycles. The molecule has 0 bridgehead atoms. The van der Waals surface area contributed by atoms with Gasteiger partial charge in [-0.3, -0.25) is 0 Å². The molecule has 0 aliphatic heterocycles. The molecule has 0 atom stereocenters. The third kappa shape index (κ3) is 10.7. The van der Waals surface area contributed by atoms with Crippen LogP contribution in [-0.4, -0.2) is 0 Å². The third-order valence-electron chi connectivity index (χ3n) is 8.08. The van der Waals surface area contributed by atoms with E-state index < -0.39 is 0 Å². The standard InChI is InChI=1S/C38H54O2/c1-5-7-9-11-13-15-17-25-33-31(3)23-21-29-35(33)39-37-27-19-20-28-38(37)40-36-30-22-24-32(4)34(36)26-18-16-14-12-10-8-6-2/h19-24,27-30H,5-18,25-26H2,1-4H3. The summed E-state index contributed by atoms with van der Waals surface area (Å²) in [5.41, 5.74) is 5.25. The fraction of sp³-hybridized carbons (Fsp3) is 0.526. The first kappa shape index (κ1) is 31.8. The molecule has 2 nitrogen and oxygen atoms in total. The largest absolute Gasteiger partial charge is 0.453 e. The van der Waals surface area contributed by atoms with Crippen LogP contribution >= 0.6 is 0 Å². The van der Waals surface area contributed by atoms with Crippen LogP contribution in [-0.2, 0) is 12.8 Å². The maximum Gasteiger partial charge on any atom is 0.169 e. The van der Waals surface area contributed by atoms with Crippen LogP contribution in [0.4, 0.5) is 0 Å². The minimum absolute atomic E-state index is 0.775. The molecule has 0 radical (unpaired) electrons. The van der Waals surface area contributed by atoms with E-state index >= 15 is 0 Å². The van der Waals surface area contributed by atoms with Crippen molar-refractivity contribution in [1.82, 2.24) is 0 Å². The first-order valence-electron chi connectivity index (χ1n) is 16.3. The summed E-state index contributed by atoms with van der Waals surface area (Å²) in [6.45, 7) is 8.96. The van der Waals surface area contributed by atoms with E-state index in [0.29, 0.717) is 0 Å². The van der Waals surface area contributed by atoms with Crippen molar-refractivity contribution in [2.45, 2.75) is 130 Å². The molecule has 0 saturated heterocycles. The van der Waals surface area contributed by atoms with Crippen LogP contribution in [0.15, 0.2) is 60.7 Å². The Morgan fingerprint density at radius 3 is 1.15 bits per heavy atom. The highest BCUT2D eigenvalue weighted by Gasteiger charge is 2.14. The van der Waals surface area contributed by atoms with Crippen molar-refractivity contribution in [1.29, 1.82) is 0 Å². The normalized spacial score (nSPS) is 11.1. The second kappa shape index (κ2) is 18.6. The fourth-order valence-corrected chi connectivity index (χ4v) is 5.56. The van der Waals surface area contributed by atoms with E-state index in [0.717, 1.165) is 35.8 Å². The lowest BCUT2D eigenvalue weighted by Gasteiger charge is -2.18. The van der Waals surface area contributed by atoms with Crippen molar-refractivity contribution in [2.24, 2.45) is 0 Å². The van der Waals surface area contributed by atoms with Crippen molar-refractivity contribution in [3.8, 4) is 23.0 Å². The minimum Gasteiger partial charge on any atom is -0.453 e. The molecule has 218 valence electrons. The quantitative estimate of drug-likeness (QED) is 0.132. The topological polar surface area (TPSA) is 18.5 Å². The molecule has 2 heteroatoms. The smallest absolute Gasteiger partial charge is 0.169 e. The van der Waals surface area contributed by atoms with Gasteiger partial charge in [0.05, 0.1) is 0 Å². The average molecular weight is 543 g/mol. The van der Waals surface area contributed by atoms with E-state index in [1.54, 1.807) is 0 Å². The van der Waals surface area contributed by atoms with Crippen LogP contribution in [0.1, 0.15) is 126 Å². The predicted molar refractivity (Wildman–Crippen MR) is 172 cm³/mol. The molecular weight excluding hydrogens is 488 g/mol. The van der Waals surface area contributed by atoms with Gasteiger partial charge in [0.25, 0.3) is 0 Å². The van der Waals surface area contributed by atoms with Gasteiger partial charge in [-0.1, -0.05) is 127 Å². The SMILES string of the molecule is CCCCCCCCCc1c(C)cccc1Oc1ccccc1Oc1cccc(C)c1CCCCCCCCC. The van der Waals surface area contributed by atoms with Crippen LogP contribution in [0.3, 0.4) is 0 Å². The molecule has 0 spiro atoms. The number of hydrogen-bond acceptors (Lipinski definition) is 2. The summed E-state index contributed by atoms with van der Waals surface area (Å²) in [6, 6.07) is 20.9. The molecule has 0 amide bonds. The molecule has 3 aromatic rings. The summed E-state index contributed by atoms with van der Waals surface area (Å²) in [5.74, 6) is 3.46. The lowest BCUT2D eigenvalue weighted by atomic mass is 10.00. The van der Waals surface area contributed by atoms with Gasteiger partial charge in [0, 0.05) is 0 Å². The van der Waals surface area contributed by atoms with E-state index in [1.807, 2.05) is 24.3 Å². The number of benzene rings is 3. The molecular formula is C38H54O2. The molecule has 40 heavy (non-hydrogen) atoms. The zero-order valence-electron chi connectivity index (χ0n) is 25.9. The van der Waals surface area contributed by atoms with Crippen LogP contribution in [0, 0.1) is 13.8 Å². The maximum atomic E-state index is 6.59. The van der Waals surface area contributed by atoms with Crippen LogP contribution in [0.5, 0.6) is 23.0 Å². The number of ether oxygens (including phenoxy) is 2. The Kier molecular flexibility index (Phi) is 14.8. The number of rotatable bonds is 20. The average Bonchev–Trinajstić information content (AvgIpc) is 2.95. The summed E-state index contributed by atoms with van der Waals surface area (Å²) in [7, 11) is 0. The number of para-hydroxylation sites is 2. The van der Waals surface area contributed by atoms with Crippen molar-refractivity contribution in [2.75, 3.05) is 0 Å². The maximum absolute atomic E-state index is 6.59. The molecule has 0 fully saturated rings. The highest BCUT2D eigenvalue weighted by molar-refractivity contribution is 5.50. The Morgan fingerprint density at radius 1 is 0.400 bits per heavy atom. The third-order valence-corrected chi connectivity index (χ3v) is 8.08. The van der Waals surface area contributed by atoms with Gasteiger partial charge >= 0.3 is 0 Å². The zero-order chi connectivity index (χ0) is 28.4. The van der Waals surface area contributed by atoms with Crippen molar-refractivity contribution < 1.29 is 9.47 Å². The molecule has 0 unspecified atom stereocenters. The number of unbranched alkanes of at least 4 members (excludes halogenated alkanes) is 12. The first-order chi connectivity index (χ1) is 19.6. The summed E-state index contributed by atoms with van der Waals surface area (Å²) in [5, 5.41) is 0. The fourth-order valence-electron chi connectivity index (χ4n) is 5.56. The van der Waals surface area contributed by atoms with Gasteiger partial charge in [0.2, 0.25) is 0 Å². The Labute approximate surface area is 245 Å². The van der Waals surface area contributed by atoms with Crippen molar-refractivity contribution in [3.63, 3.8) is 0 Å². The molecule has 0 aromatic heterocycles. The Morgan fingerprint density at radius 2 is 0.750 bits per heavy atom. The molecule has 3 rings (SSSR count). The first-order valence-corrected chi connectivity index (χ1v) is 16.3. The molecule has 0 aliphatic rings. The Balaban J connectivity index is 1.66. The van der Waals surface area contributed by atoms with Crippen LogP contribution in [0.2, 0.25) is 0 Å². The van der Waals surface area contributed by atoms with Gasteiger partial charge in [-0.2, -0.15) is 0 Å². The van der Waals surface area contributed by atoms with E-state index in [9.17, 15) is 0 Å². The van der Waals surface area contributed by atoms with E-state index in [-0.39, 0.29) is 0 Å². The lowest BCUT2D eigenvalue weighted by Crippen LogP contribution is -1.99. The second-order valence-electron chi connectivity index (χ2n) is 11.5. The van der Waals surface area contributed by atoms with Crippen molar-refractivity contribution >= 4 is 0 Å². The van der Waals surface area contributed by atoms with E-state index in [2.05, 4.69) is 64.1 Å². The van der Waals surface area contributed by atoms with Gasteiger partial charge in [0.15, 0.2) is 11.5 Å². The minimum atomic E-state index is 0.775. The molecule has 3 aromatic carbocycles. The van der Waals surface area contributed by atoms with Gasteiger partial charge in [-0.05, 0) is 86.1 Å². The summed E-state index contributed by atoms with van der Waals surface area (Å²) in [6.07, 6.45) is 20.5. The molecule has 0 aliphatic carbocycles. The lowest BCUT2D eigenvalue weighted by molar-refractivity contribution is 0.412. The molecule has 0 heterocycles. The number of hydrogen-bond donors (Lipinski definition) is 0. The summed E-state index contributed by atoms with van der Waals surface area (Å²) in [4.78, 5) is 0. The monoisotopic (exact) mass is 542 g/mol. The van der Waals surface area contributed by atoms with Gasteiger partial charge in [-0.15, -0.1) is 0 Å². The summed E-state index contributed by atoms with van der Waals surface area (Å²) < 4.78 is 13.2.